The summed E-state index contributed by atoms with van der Waals surface area (Å²) in [5, 5.41) is 26.2. The molecule has 198 valence electrons. The van der Waals surface area contributed by atoms with Crippen LogP contribution in [0.4, 0.5) is 17.1 Å². The SMILES string of the molecule is Cc1nn(CCOC(=O)c2ccc([N+](=O)[O-])cc2)c(C)c1Sc1ccccc1N=Cc1ccc([N+](=O)[O-])cc1. The van der Waals surface area contributed by atoms with E-state index in [0.29, 0.717) is 6.54 Å². The maximum Gasteiger partial charge on any atom is 0.338 e. The molecule has 0 spiro atoms. The number of aromatic nitrogens is 2. The number of ether oxygens (including phenoxy) is 1. The first-order valence-corrected chi connectivity index (χ1v) is 12.6. The van der Waals surface area contributed by atoms with Gasteiger partial charge in [-0.25, -0.2) is 4.79 Å². The molecule has 0 saturated heterocycles. The number of rotatable bonds is 10. The molecule has 0 aliphatic heterocycles. The normalized spacial score (nSPS) is 11.0. The number of hydrogen-bond acceptors (Lipinski definition) is 9. The van der Waals surface area contributed by atoms with Gasteiger partial charge in [0.25, 0.3) is 11.4 Å². The van der Waals surface area contributed by atoms with Crippen molar-refractivity contribution in [2.24, 2.45) is 4.99 Å². The van der Waals surface area contributed by atoms with E-state index in [2.05, 4.69) is 10.1 Å². The predicted octanol–water partition coefficient (Wildman–Crippen LogP) is 6.08. The number of carbonyl (C=O) groups is 1. The minimum absolute atomic E-state index is 0.0205. The lowest BCUT2D eigenvalue weighted by Crippen LogP contribution is -2.13. The number of aliphatic imine (C=N–C) groups is 1. The maximum absolute atomic E-state index is 12.3. The minimum atomic E-state index is -0.569. The molecule has 0 aliphatic rings. The summed E-state index contributed by atoms with van der Waals surface area (Å²) in [6.45, 7) is 4.25. The van der Waals surface area contributed by atoms with Crippen molar-refractivity contribution >= 4 is 41.0 Å². The zero-order valence-corrected chi connectivity index (χ0v) is 21.8. The van der Waals surface area contributed by atoms with Crippen LogP contribution in [0, 0.1) is 34.1 Å². The fraction of sp³-hybridized carbons (Fsp3) is 0.148. The van der Waals surface area contributed by atoms with E-state index < -0.39 is 15.8 Å². The van der Waals surface area contributed by atoms with Crippen molar-refractivity contribution in [3.05, 3.63) is 116 Å². The molecule has 4 aromatic rings. The van der Waals surface area contributed by atoms with Crippen LogP contribution in [0.15, 0.2) is 87.6 Å². The third-order valence-corrected chi connectivity index (χ3v) is 7.06. The third kappa shape index (κ3) is 6.73. The number of para-hydroxylation sites is 1. The first-order valence-electron chi connectivity index (χ1n) is 11.7. The highest BCUT2D eigenvalue weighted by Gasteiger charge is 2.16. The van der Waals surface area contributed by atoms with Crippen LogP contribution in [0.5, 0.6) is 0 Å². The molecule has 11 nitrogen and oxygen atoms in total. The van der Waals surface area contributed by atoms with Gasteiger partial charge in [0.05, 0.1) is 38.2 Å². The molecular weight excluding hydrogens is 522 g/mol. The highest BCUT2D eigenvalue weighted by atomic mass is 32.2. The molecule has 0 bridgehead atoms. The lowest BCUT2D eigenvalue weighted by Gasteiger charge is -2.08. The standard InChI is InChI=1S/C27H23N5O6S/c1-18-26(19(2)30(29-18)15-16-38-27(33)21-9-13-23(14-10-21)32(36)37)39-25-6-4-3-5-24(25)28-17-20-7-11-22(12-8-20)31(34)35/h3-14,17H,15-16H2,1-2H3. The molecule has 0 amide bonds. The van der Waals surface area contributed by atoms with Gasteiger partial charge in [-0.05, 0) is 55.8 Å². The quantitative estimate of drug-likeness (QED) is 0.101. The van der Waals surface area contributed by atoms with Crippen molar-refractivity contribution in [1.82, 2.24) is 9.78 Å². The van der Waals surface area contributed by atoms with Crippen LogP contribution < -0.4 is 0 Å². The van der Waals surface area contributed by atoms with Gasteiger partial charge in [-0.15, -0.1) is 0 Å². The lowest BCUT2D eigenvalue weighted by atomic mass is 10.2. The van der Waals surface area contributed by atoms with Crippen LogP contribution in [0.1, 0.15) is 27.3 Å². The summed E-state index contributed by atoms with van der Waals surface area (Å²) in [7, 11) is 0. The number of nitro benzene ring substituents is 2. The molecule has 0 aliphatic carbocycles. The number of non-ortho nitro benzene ring substituents is 2. The van der Waals surface area contributed by atoms with Crippen LogP contribution in [0.25, 0.3) is 0 Å². The van der Waals surface area contributed by atoms with E-state index in [9.17, 15) is 25.0 Å². The largest absolute Gasteiger partial charge is 0.460 e. The van der Waals surface area contributed by atoms with Gasteiger partial charge in [0.2, 0.25) is 0 Å². The van der Waals surface area contributed by atoms with Crippen LogP contribution in [0.3, 0.4) is 0 Å². The summed E-state index contributed by atoms with van der Waals surface area (Å²) in [5.74, 6) is -0.569. The van der Waals surface area contributed by atoms with Crippen molar-refractivity contribution in [2.45, 2.75) is 30.2 Å². The molecule has 12 heteroatoms. The average Bonchev–Trinajstić information content (AvgIpc) is 3.20. The Morgan fingerprint density at radius 3 is 2.23 bits per heavy atom. The number of aryl methyl sites for hydroxylation is 1. The van der Waals surface area contributed by atoms with Crippen molar-refractivity contribution in [3.63, 3.8) is 0 Å². The Balaban J connectivity index is 1.41. The van der Waals surface area contributed by atoms with Gasteiger partial charge in [-0.2, -0.15) is 5.10 Å². The van der Waals surface area contributed by atoms with Gasteiger partial charge in [0.1, 0.15) is 6.61 Å². The molecule has 0 atom stereocenters. The summed E-state index contributed by atoms with van der Waals surface area (Å²) < 4.78 is 7.10. The number of benzene rings is 3. The van der Waals surface area contributed by atoms with Crippen LogP contribution in [0.2, 0.25) is 0 Å². The molecule has 0 fully saturated rings. The van der Waals surface area contributed by atoms with Gasteiger partial charge in [-0.3, -0.25) is 29.9 Å². The van der Waals surface area contributed by atoms with Crippen molar-refractivity contribution < 1.29 is 19.4 Å². The highest BCUT2D eigenvalue weighted by Crippen LogP contribution is 2.38. The van der Waals surface area contributed by atoms with E-state index in [-0.39, 0.29) is 23.5 Å². The summed E-state index contributed by atoms with van der Waals surface area (Å²) in [6.07, 6.45) is 1.66. The predicted molar refractivity (Wildman–Crippen MR) is 146 cm³/mol. The average molecular weight is 546 g/mol. The van der Waals surface area contributed by atoms with Crippen LogP contribution in [-0.2, 0) is 11.3 Å². The van der Waals surface area contributed by atoms with Crippen molar-refractivity contribution in [3.8, 4) is 0 Å². The summed E-state index contributed by atoms with van der Waals surface area (Å²) in [6, 6.07) is 19.0. The van der Waals surface area contributed by atoms with Gasteiger partial charge < -0.3 is 4.74 Å². The number of esters is 1. The lowest BCUT2D eigenvalue weighted by molar-refractivity contribution is -0.385. The van der Waals surface area contributed by atoms with E-state index in [4.69, 9.17) is 4.74 Å². The fourth-order valence-corrected chi connectivity index (χ4v) is 4.69. The molecule has 1 aromatic heterocycles. The zero-order valence-electron chi connectivity index (χ0n) is 21.0. The van der Waals surface area contributed by atoms with E-state index in [1.54, 1.807) is 23.0 Å². The van der Waals surface area contributed by atoms with E-state index >= 15 is 0 Å². The van der Waals surface area contributed by atoms with Gasteiger partial charge in [0, 0.05) is 41.1 Å². The molecular formula is C27H23N5O6S. The Labute approximate surface area is 227 Å². The molecule has 0 radical (unpaired) electrons. The van der Waals surface area contributed by atoms with Crippen molar-refractivity contribution in [2.75, 3.05) is 6.61 Å². The Hall–Kier alpha value is -4.84. The first kappa shape index (κ1) is 27.2. The summed E-state index contributed by atoms with van der Waals surface area (Å²) in [5.41, 5.74) is 3.35. The third-order valence-electron chi connectivity index (χ3n) is 5.70. The molecule has 3 aromatic carbocycles. The van der Waals surface area contributed by atoms with E-state index in [1.807, 2.05) is 38.1 Å². The van der Waals surface area contributed by atoms with Gasteiger partial charge in [-0.1, -0.05) is 23.9 Å². The smallest absolute Gasteiger partial charge is 0.338 e. The second kappa shape index (κ2) is 12.1. The number of nitro groups is 2. The Morgan fingerprint density at radius 1 is 0.974 bits per heavy atom. The number of hydrogen-bond donors (Lipinski definition) is 0. The zero-order chi connectivity index (χ0) is 27.9. The van der Waals surface area contributed by atoms with E-state index in [1.165, 1.54) is 48.2 Å². The first-order chi connectivity index (χ1) is 18.7. The minimum Gasteiger partial charge on any atom is -0.460 e. The topological polar surface area (TPSA) is 143 Å². The summed E-state index contributed by atoms with van der Waals surface area (Å²) >= 11 is 1.52. The highest BCUT2D eigenvalue weighted by molar-refractivity contribution is 7.99. The van der Waals surface area contributed by atoms with Crippen LogP contribution >= 0.6 is 11.8 Å². The Morgan fingerprint density at radius 2 is 1.59 bits per heavy atom. The molecule has 0 unspecified atom stereocenters. The maximum atomic E-state index is 12.3. The molecule has 0 N–H and O–H groups in total. The Bertz CT molecular complexity index is 1550. The van der Waals surface area contributed by atoms with E-state index in [0.717, 1.165) is 32.4 Å². The van der Waals surface area contributed by atoms with Gasteiger partial charge in [0.15, 0.2) is 0 Å². The molecule has 1 heterocycles. The molecule has 39 heavy (non-hydrogen) atoms. The number of carbonyl (C=O) groups excluding carboxylic acids is 1. The van der Waals surface area contributed by atoms with Crippen molar-refractivity contribution in [1.29, 1.82) is 0 Å². The fourth-order valence-electron chi connectivity index (χ4n) is 3.66. The second-order valence-electron chi connectivity index (χ2n) is 8.34. The van der Waals surface area contributed by atoms with Crippen LogP contribution in [-0.4, -0.2) is 38.4 Å². The second-order valence-corrected chi connectivity index (χ2v) is 9.39. The monoisotopic (exact) mass is 545 g/mol. The Kier molecular flexibility index (Phi) is 8.46. The van der Waals surface area contributed by atoms with Gasteiger partial charge >= 0.3 is 5.97 Å². The number of nitrogens with zero attached hydrogens (tertiary/aromatic N) is 5. The molecule has 4 rings (SSSR count). The summed E-state index contributed by atoms with van der Waals surface area (Å²) in [4.78, 5) is 39.4. The molecule has 0 saturated carbocycles.